The van der Waals surface area contributed by atoms with Gasteiger partial charge in [-0.3, -0.25) is 9.48 Å². The summed E-state index contributed by atoms with van der Waals surface area (Å²) >= 11 is 5.90. The second kappa shape index (κ2) is 6.07. The molecule has 4 heteroatoms. The van der Waals surface area contributed by atoms with E-state index in [2.05, 4.69) is 27.9 Å². The molecule has 2 aliphatic heterocycles. The highest BCUT2D eigenvalue weighted by atomic mass is 79.9. The summed E-state index contributed by atoms with van der Waals surface area (Å²) in [4.78, 5) is 2.51. The van der Waals surface area contributed by atoms with Gasteiger partial charge in [-0.2, -0.15) is 0 Å². The molecule has 1 unspecified atom stereocenters. The van der Waals surface area contributed by atoms with Crippen LogP contribution in [-0.4, -0.2) is 34.9 Å². The first kappa shape index (κ1) is 13.9. The molecule has 0 aliphatic carbocycles. The Hall–Kier alpha value is -0.540. The lowest BCUT2D eigenvalue weighted by Gasteiger charge is -2.21. The third-order valence-corrected chi connectivity index (χ3v) is 3.98. The quantitative estimate of drug-likeness (QED) is 0.679. The van der Waals surface area contributed by atoms with Crippen LogP contribution in [0.15, 0.2) is 24.3 Å². The fourth-order valence-corrected chi connectivity index (χ4v) is 2.95. The highest BCUT2D eigenvalue weighted by Gasteiger charge is 2.33. The highest BCUT2D eigenvalue weighted by molar-refractivity contribution is 6.30. The summed E-state index contributed by atoms with van der Waals surface area (Å²) in [7, 11) is 0. The molecule has 0 saturated carbocycles. The van der Waals surface area contributed by atoms with Gasteiger partial charge in [-0.05, 0) is 37.0 Å². The van der Waals surface area contributed by atoms with Crippen LogP contribution < -0.4 is 17.0 Å². The molecule has 2 nitrogen and oxygen atoms in total. The summed E-state index contributed by atoms with van der Waals surface area (Å²) < 4.78 is 2.43. The minimum Gasteiger partial charge on any atom is -1.00 e. The minimum atomic E-state index is 0. The predicted octanol–water partition coefficient (Wildman–Crippen LogP) is -0.247. The molecule has 2 heterocycles. The topological polar surface area (TPSA) is 6.25 Å². The van der Waals surface area contributed by atoms with Crippen LogP contribution in [0.3, 0.4) is 0 Å². The predicted molar refractivity (Wildman–Crippen MR) is 70.7 cm³/mol. The summed E-state index contributed by atoms with van der Waals surface area (Å²) in [6.07, 6.45) is 6.41. The van der Waals surface area contributed by atoms with Crippen molar-refractivity contribution in [3.63, 3.8) is 0 Å². The van der Waals surface area contributed by atoms with Crippen LogP contribution in [0.2, 0.25) is 5.02 Å². The number of fused-ring (bicyclic) bond motifs is 1. The number of hydrogen-bond donors (Lipinski definition) is 0. The molecule has 0 radical (unpaired) electrons. The molecule has 18 heavy (non-hydrogen) atoms. The largest absolute Gasteiger partial charge is 1.00 e. The molecule has 3 rings (SSSR count). The number of halogens is 2. The third-order valence-electron chi connectivity index (χ3n) is 3.73. The molecular weight excluding hydrogens is 312 g/mol. The maximum absolute atomic E-state index is 5.90. The monoisotopic (exact) mass is 328 g/mol. The Morgan fingerprint density at radius 1 is 1.22 bits per heavy atom. The van der Waals surface area contributed by atoms with Crippen molar-refractivity contribution >= 4 is 17.9 Å². The van der Waals surface area contributed by atoms with Gasteiger partial charge in [0.1, 0.15) is 19.1 Å². The van der Waals surface area contributed by atoms with E-state index in [9.17, 15) is 0 Å². The van der Waals surface area contributed by atoms with Crippen LogP contribution in [0.1, 0.15) is 24.8 Å². The van der Waals surface area contributed by atoms with Crippen molar-refractivity contribution in [3.05, 3.63) is 34.9 Å². The summed E-state index contributed by atoms with van der Waals surface area (Å²) in [5.74, 6) is 0. The zero-order valence-electron chi connectivity index (χ0n) is 10.4. The van der Waals surface area contributed by atoms with E-state index in [1.54, 1.807) is 0 Å². The number of piperidine rings is 1. The Morgan fingerprint density at radius 2 is 2.00 bits per heavy atom. The molecule has 1 aromatic carbocycles. The van der Waals surface area contributed by atoms with Crippen LogP contribution >= 0.6 is 11.6 Å². The number of rotatable bonds is 2. The van der Waals surface area contributed by atoms with Crippen molar-refractivity contribution in [3.8, 4) is 0 Å². The van der Waals surface area contributed by atoms with Gasteiger partial charge in [0.15, 0.2) is 0 Å². The van der Waals surface area contributed by atoms with Crippen molar-refractivity contribution in [2.24, 2.45) is 0 Å². The van der Waals surface area contributed by atoms with Crippen molar-refractivity contribution in [1.29, 1.82) is 0 Å². The van der Waals surface area contributed by atoms with Gasteiger partial charge < -0.3 is 17.0 Å². The number of benzene rings is 1. The fraction of sp³-hybridized carbons (Fsp3) is 0.500. The first-order chi connectivity index (χ1) is 8.31. The van der Waals surface area contributed by atoms with Crippen LogP contribution in [0.25, 0.3) is 0 Å². The molecule has 0 bridgehead atoms. The summed E-state index contributed by atoms with van der Waals surface area (Å²) in [6.45, 7) is 3.43. The first-order valence-electron chi connectivity index (χ1n) is 6.40. The molecular formula is C14H18BrClN2. The summed E-state index contributed by atoms with van der Waals surface area (Å²) in [6, 6.07) is 8.94. The lowest BCUT2D eigenvalue weighted by molar-refractivity contribution is -0.533. The SMILES string of the molecule is Clc1ccc(C[N+]2=CN3CCCCC3C2)cc1.[Br-]. The molecule has 98 valence electrons. The maximum atomic E-state index is 5.90. The van der Waals surface area contributed by atoms with E-state index in [1.807, 2.05) is 12.1 Å². The highest BCUT2D eigenvalue weighted by Crippen LogP contribution is 2.20. The van der Waals surface area contributed by atoms with E-state index in [4.69, 9.17) is 11.6 Å². The molecule has 2 aliphatic rings. The Labute approximate surface area is 124 Å². The Bertz CT molecular complexity index is 430. The Morgan fingerprint density at radius 3 is 2.72 bits per heavy atom. The average molecular weight is 330 g/mol. The van der Waals surface area contributed by atoms with Gasteiger partial charge in [0.25, 0.3) is 0 Å². The van der Waals surface area contributed by atoms with Crippen LogP contribution in [0.4, 0.5) is 0 Å². The zero-order chi connectivity index (χ0) is 11.7. The molecule has 0 spiro atoms. The van der Waals surface area contributed by atoms with Gasteiger partial charge in [-0.25, -0.2) is 0 Å². The van der Waals surface area contributed by atoms with E-state index in [0.29, 0.717) is 0 Å². The molecule has 1 aromatic rings. The van der Waals surface area contributed by atoms with Gasteiger partial charge in [0.05, 0.1) is 6.54 Å². The van der Waals surface area contributed by atoms with Crippen molar-refractivity contribution in [2.75, 3.05) is 13.1 Å². The maximum Gasteiger partial charge on any atom is 0.234 e. The van der Waals surface area contributed by atoms with Gasteiger partial charge in [0, 0.05) is 5.02 Å². The average Bonchev–Trinajstić information content (AvgIpc) is 2.74. The molecule has 0 amide bonds. The minimum absolute atomic E-state index is 0. The van der Waals surface area contributed by atoms with Gasteiger partial charge in [-0.1, -0.05) is 23.7 Å². The third kappa shape index (κ3) is 3.07. The van der Waals surface area contributed by atoms with E-state index in [0.717, 1.165) is 17.6 Å². The van der Waals surface area contributed by atoms with Gasteiger partial charge in [-0.15, -0.1) is 0 Å². The molecule has 1 saturated heterocycles. The van der Waals surface area contributed by atoms with Crippen molar-refractivity contribution in [1.82, 2.24) is 4.90 Å². The van der Waals surface area contributed by atoms with Gasteiger partial charge in [0.2, 0.25) is 6.34 Å². The van der Waals surface area contributed by atoms with Crippen LogP contribution in [0, 0.1) is 0 Å². The second-order valence-corrected chi connectivity index (χ2v) is 5.50. The van der Waals surface area contributed by atoms with Gasteiger partial charge >= 0.3 is 0 Å². The molecule has 1 atom stereocenters. The van der Waals surface area contributed by atoms with Crippen molar-refractivity contribution in [2.45, 2.75) is 31.8 Å². The Balaban J connectivity index is 0.00000120. The van der Waals surface area contributed by atoms with Crippen molar-refractivity contribution < 1.29 is 21.6 Å². The molecule has 0 N–H and O–H groups in total. The number of hydrogen-bond acceptors (Lipinski definition) is 1. The molecule has 1 fully saturated rings. The smallest absolute Gasteiger partial charge is 0.234 e. The Kier molecular flexibility index (Phi) is 4.68. The standard InChI is InChI=1S/C14H18ClN2.BrH/c15-13-6-4-12(5-7-13)9-16-10-14-3-1-2-8-17(14)11-16;/h4-7,11,14H,1-3,8-10H2;1H/q+1;/p-1. The van der Waals surface area contributed by atoms with E-state index in [-0.39, 0.29) is 17.0 Å². The first-order valence-corrected chi connectivity index (χ1v) is 6.78. The lowest BCUT2D eigenvalue weighted by atomic mass is 10.0. The van der Waals surface area contributed by atoms with E-state index in [1.165, 1.54) is 37.9 Å². The van der Waals surface area contributed by atoms with E-state index >= 15 is 0 Å². The van der Waals surface area contributed by atoms with Crippen LogP contribution in [0.5, 0.6) is 0 Å². The summed E-state index contributed by atoms with van der Waals surface area (Å²) in [5, 5.41) is 0.816. The van der Waals surface area contributed by atoms with Crippen LogP contribution in [-0.2, 0) is 6.54 Å². The zero-order valence-corrected chi connectivity index (χ0v) is 12.7. The summed E-state index contributed by atoms with van der Waals surface area (Å²) in [5.41, 5.74) is 1.34. The lowest BCUT2D eigenvalue weighted by Crippen LogP contribution is -3.00. The second-order valence-electron chi connectivity index (χ2n) is 5.06. The normalized spacial score (nSPS) is 22.2. The fourth-order valence-electron chi connectivity index (χ4n) is 2.83. The molecule has 0 aromatic heterocycles. The number of nitrogens with zero attached hydrogens (tertiary/aromatic N) is 2. The van der Waals surface area contributed by atoms with E-state index < -0.39 is 0 Å².